The van der Waals surface area contributed by atoms with E-state index in [2.05, 4.69) is 0 Å². The minimum absolute atomic E-state index is 0.435. The molecule has 0 aromatic rings. The summed E-state index contributed by atoms with van der Waals surface area (Å²) < 4.78 is 121. The van der Waals surface area contributed by atoms with E-state index in [-0.39, 0.29) is 0 Å². The van der Waals surface area contributed by atoms with Crippen LogP contribution in [0.3, 0.4) is 0 Å². The third kappa shape index (κ3) is 6.08. The largest absolute Gasteiger partial charge is 0.404 e. The highest BCUT2D eigenvalue weighted by atomic mass is 32.2. The minimum Gasteiger partial charge on any atom is -0.212 e. The number of sulfonamides is 2. The first-order valence-electron chi connectivity index (χ1n) is 6.14. The molecule has 138 valence electrons. The number of rotatable bonds is 4. The van der Waals surface area contributed by atoms with E-state index in [1.54, 1.807) is 0 Å². The van der Waals surface area contributed by atoms with Gasteiger partial charge < -0.3 is 0 Å². The van der Waals surface area contributed by atoms with E-state index in [4.69, 9.17) is 0 Å². The zero-order valence-corrected chi connectivity index (χ0v) is 13.4. The summed E-state index contributed by atoms with van der Waals surface area (Å²) in [6.45, 7) is -0.796. The fourth-order valence-electron chi connectivity index (χ4n) is 2.16. The van der Waals surface area contributed by atoms with Crippen LogP contribution in [0.1, 0.15) is 6.92 Å². The Hall–Kier alpha value is -0.600. The van der Waals surface area contributed by atoms with Crippen molar-refractivity contribution in [1.29, 1.82) is 0 Å². The van der Waals surface area contributed by atoms with Crippen molar-refractivity contribution in [3.8, 4) is 0 Å². The van der Waals surface area contributed by atoms with Gasteiger partial charge in [-0.1, -0.05) is 0 Å². The van der Waals surface area contributed by atoms with Crippen LogP contribution < -0.4 is 0 Å². The Morgan fingerprint density at radius 2 is 1.30 bits per heavy atom. The van der Waals surface area contributed by atoms with Crippen molar-refractivity contribution in [3.05, 3.63) is 0 Å². The monoisotopic (exact) mass is 392 g/mol. The molecule has 1 saturated heterocycles. The predicted octanol–water partition coefficient (Wildman–Crippen LogP) is 0.777. The number of nitrogens with zero attached hydrogens (tertiary/aromatic N) is 2. The summed E-state index contributed by atoms with van der Waals surface area (Å²) in [5.74, 6) is -4.22. The van der Waals surface area contributed by atoms with Crippen LogP contribution >= 0.6 is 0 Å². The van der Waals surface area contributed by atoms with Crippen LogP contribution in [-0.2, 0) is 20.0 Å². The Balaban J connectivity index is 2.86. The smallest absolute Gasteiger partial charge is 0.212 e. The minimum atomic E-state index is -4.97. The number of hydrogen-bond acceptors (Lipinski definition) is 4. The van der Waals surface area contributed by atoms with Gasteiger partial charge in [-0.2, -0.15) is 35.0 Å². The molecule has 0 unspecified atom stereocenters. The van der Waals surface area contributed by atoms with E-state index >= 15 is 0 Å². The lowest BCUT2D eigenvalue weighted by Crippen LogP contribution is -2.57. The Labute approximate surface area is 129 Å². The third-order valence-corrected chi connectivity index (χ3v) is 6.73. The first kappa shape index (κ1) is 20.4. The van der Waals surface area contributed by atoms with Gasteiger partial charge in [0, 0.05) is 25.7 Å². The van der Waals surface area contributed by atoms with Gasteiger partial charge in [0.15, 0.2) is 11.5 Å². The number of piperazine rings is 1. The zero-order chi connectivity index (χ0) is 18.3. The summed E-state index contributed by atoms with van der Waals surface area (Å²) in [4.78, 5) is 0. The molecule has 0 N–H and O–H groups in total. The molecule has 1 atom stereocenters. The molecule has 1 fully saturated rings. The SMILES string of the molecule is C[C@@H]1CN(S(=O)(=O)CC(F)(F)F)CCN1S(=O)(=O)CC(F)(F)F. The van der Waals surface area contributed by atoms with E-state index < -0.39 is 69.6 Å². The van der Waals surface area contributed by atoms with Gasteiger partial charge in [0.05, 0.1) is 0 Å². The molecule has 1 aliphatic rings. The van der Waals surface area contributed by atoms with Crippen molar-refractivity contribution >= 4 is 20.0 Å². The van der Waals surface area contributed by atoms with E-state index in [0.717, 1.165) is 6.92 Å². The fraction of sp³-hybridized carbons (Fsp3) is 1.00. The first-order chi connectivity index (χ1) is 10.0. The molecule has 1 aliphatic heterocycles. The highest BCUT2D eigenvalue weighted by Crippen LogP contribution is 2.25. The van der Waals surface area contributed by atoms with Crippen LogP contribution in [0.15, 0.2) is 0 Å². The first-order valence-corrected chi connectivity index (χ1v) is 9.36. The quantitative estimate of drug-likeness (QED) is 0.663. The molecular weight excluding hydrogens is 378 g/mol. The Bertz CT molecular complexity index is 627. The van der Waals surface area contributed by atoms with Gasteiger partial charge in [0.2, 0.25) is 20.0 Å². The van der Waals surface area contributed by atoms with Crippen LogP contribution in [0, 0.1) is 0 Å². The molecular formula is C9H14F6N2O4S2. The van der Waals surface area contributed by atoms with Gasteiger partial charge >= 0.3 is 12.4 Å². The lowest BCUT2D eigenvalue weighted by molar-refractivity contribution is -0.108. The van der Waals surface area contributed by atoms with Crippen molar-refractivity contribution < 1.29 is 43.2 Å². The summed E-state index contributed by atoms with van der Waals surface area (Å²) in [6, 6.07) is -1.21. The van der Waals surface area contributed by atoms with Crippen molar-refractivity contribution in [2.75, 3.05) is 31.1 Å². The number of halogens is 6. The summed E-state index contributed by atoms with van der Waals surface area (Å²) in [7, 11) is -9.44. The molecule has 0 aromatic heterocycles. The van der Waals surface area contributed by atoms with Gasteiger partial charge in [0.1, 0.15) is 0 Å². The van der Waals surface area contributed by atoms with Crippen molar-refractivity contribution in [2.24, 2.45) is 0 Å². The molecule has 0 radical (unpaired) electrons. The van der Waals surface area contributed by atoms with Gasteiger partial charge in [-0.25, -0.2) is 16.8 Å². The predicted molar refractivity (Wildman–Crippen MR) is 67.4 cm³/mol. The molecule has 1 rings (SSSR count). The molecule has 23 heavy (non-hydrogen) atoms. The molecule has 0 spiro atoms. The fourth-order valence-corrected chi connectivity index (χ4v) is 5.11. The Morgan fingerprint density at radius 3 is 1.70 bits per heavy atom. The average molecular weight is 392 g/mol. The third-order valence-electron chi connectivity index (χ3n) is 2.97. The maximum Gasteiger partial charge on any atom is 0.404 e. The van der Waals surface area contributed by atoms with Crippen molar-refractivity contribution in [2.45, 2.75) is 25.3 Å². The summed E-state index contributed by atoms with van der Waals surface area (Å²) >= 11 is 0. The van der Waals surface area contributed by atoms with Crippen molar-refractivity contribution in [1.82, 2.24) is 8.61 Å². The van der Waals surface area contributed by atoms with E-state index in [9.17, 15) is 43.2 Å². The summed E-state index contributed by atoms with van der Waals surface area (Å²) in [5, 5.41) is 0. The van der Waals surface area contributed by atoms with Gasteiger partial charge in [-0.05, 0) is 6.92 Å². The van der Waals surface area contributed by atoms with Gasteiger partial charge in [0.25, 0.3) is 0 Å². The zero-order valence-electron chi connectivity index (χ0n) is 11.7. The molecule has 0 aliphatic carbocycles. The van der Waals surface area contributed by atoms with Crippen LogP contribution in [0.25, 0.3) is 0 Å². The van der Waals surface area contributed by atoms with E-state index in [1.165, 1.54) is 0 Å². The lowest BCUT2D eigenvalue weighted by Gasteiger charge is -2.38. The second-order valence-electron chi connectivity index (χ2n) is 5.06. The molecule has 0 amide bonds. The van der Waals surface area contributed by atoms with Crippen LogP contribution in [-0.4, -0.2) is 75.0 Å². The lowest BCUT2D eigenvalue weighted by atomic mass is 10.3. The molecule has 0 aromatic carbocycles. The Kier molecular flexibility index (Phi) is 5.66. The Morgan fingerprint density at radius 1 is 0.870 bits per heavy atom. The van der Waals surface area contributed by atoms with E-state index in [0.29, 0.717) is 8.61 Å². The second-order valence-corrected chi connectivity index (χ2v) is 8.95. The normalized spacial score (nSPS) is 23.2. The molecule has 1 heterocycles. The molecule has 6 nitrogen and oxygen atoms in total. The number of alkyl halides is 6. The highest BCUT2D eigenvalue weighted by Gasteiger charge is 2.45. The second kappa shape index (κ2) is 6.37. The van der Waals surface area contributed by atoms with Crippen LogP contribution in [0.2, 0.25) is 0 Å². The maximum absolute atomic E-state index is 12.2. The van der Waals surface area contributed by atoms with Crippen LogP contribution in [0.4, 0.5) is 26.3 Å². The maximum atomic E-state index is 12.2. The standard InChI is InChI=1S/C9H14F6N2O4S2/c1-7-4-16(22(18,19)5-8(10,11)12)2-3-17(7)23(20,21)6-9(13,14)15/h7H,2-6H2,1H3/t7-/m1/s1. The summed E-state index contributed by atoms with van der Waals surface area (Å²) in [5.41, 5.74) is 0. The molecule has 14 heteroatoms. The van der Waals surface area contributed by atoms with Crippen molar-refractivity contribution in [3.63, 3.8) is 0 Å². The molecule has 0 saturated carbocycles. The average Bonchev–Trinajstić information content (AvgIpc) is 2.21. The van der Waals surface area contributed by atoms with Gasteiger partial charge in [-0.3, -0.25) is 0 Å². The summed E-state index contributed by atoms with van der Waals surface area (Å²) in [6.07, 6.45) is -9.94. The number of hydrogen-bond donors (Lipinski definition) is 0. The van der Waals surface area contributed by atoms with Gasteiger partial charge in [-0.15, -0.1) is 0 Å². The van der Waals surface area contributed by atoms with Crippen LogP contribution in [0.5, 0.6) is 0 Å². The topological polar surface area (TPSA) is 74.8 Å². The highest BCUT2D eigenvalue weighted by molar-refractivity contribution is 7.89. The van der Waals surface area contributed by atoms with E-state index in [1.807, 2.05) is 0 Å². The molecule has 0 bridgehead atoms.